The molecule has 0 saturated carbocycles. The first kappa shape index (κ1) is 13.4. The summed E-state index contributed by atoms with van der Waals surface area (Å²) in [5, 5.41) is 18.7. The lowest BCUT2D eigenvalue weighted by Crippen LogP contribution is -1.98. The Morgan fingerprint density at radius 3 is 2.35 bits per heavy atom. The zero-order chi connectivity index (χ0) is 13.0. The van der Waals surface area contributed by atoms with Crippen LogP contribution in [-0.4, -0.2) is 21.8 Å². The van der Waals surface area contributed by atoms with E-state index in [4.69, 9.17) is 5.11 Å². The maximum Gasteiger partial charge on any atom is 0.304 e. The fraction of sp³-hybridized carbons (Fsp3) is 0.222. The fourth-order valence-corrected chi connectivity index (χ4v) is 1.90. The van der Waals surface area contributed by atoms with Crippen molar-refractivity contribution >= 4 is 23.4 Å². The minimum Gasteiger partial charge on any atom is -0.481 e. The third-order valence-electron chi connectivity index (χ3n) is 1.76. The third kappa shape index (κ3) is 3.66. The molecule has 1 N–H and O–H groups in total. The average Bonchev–Trinajstić information content (AvgIpc) is 2.21. The van der Waals surface area contributed by atoms with E-state index < -0.39 is 33.1 Å². The van der Waals surface area contributed by atoms with Gasteiger partial charge in [0, 0.05) is 5.75 Å². The van der Waals surface area contributed by atoms with Crippen LogP contribution in [0.5, 0.6) is 0 Å². The first-order valence-corrected chi connectivity index (χ1v) is 5.38. The Balaban J connectivity index is 2.86. The number of carbonyl (C=O) groups is 1. The van der Waals surface area contributed by atoms with E-state index in [0.29, 0.717) is 23.9 Å². The molecule has 0 atom stereocenters. The molecule has 0 aliphatic heterocycles. The summed E-state index contributed by atoms with van der Waals surface area (Å²) < 4.78 is 26.6. The van der Waals surface area contributed by atoms with Crippen molar-refractivity contribution in [1.82, 2.24) is 0 Å². The van der Waals surface area contributed by atoms with Crippen LogP contribution in [0.2, 0.25) is 0 Å². The predicted molar refractivity (Wildman–Crippen MR) is 56.0 cm³/mol. The van der Waals surface area contributed by atoms with Gasteiger partial charge in [0.2, 0.25) is 0 Å². The monoisotopic (exact) mass is 263 g/mol. The van der Waals surface area contributed by atoms with Crippen molar-refractivity contribution in [2.45, 2.75) is 11.3 Å². The number of nitrogens with zero attached hydrogens (tertiary/aromatic N) is 1. The van der Waals surface area contributed by atoms with E-state index in [1.807, 2.05) is 0 Å². The molecule has 0 aliphatic rings. The third-order valence-corrected chi connectivity index (χ3v) is 2.84. The van der Waals surface area contributed by atoms with Gasteiger partial charge >= 0.3 is 5.97 Å². The Hall–Kier alpha value is -1.70. The van der Waals surface area contributed by atoms with Crippen molar-refractivity contribution in [1.29, 1.82) is 0 Å². The SMILES string of the molecule is O=C(O)CCSc1c(F)cc([N+](=O)[O-])cc1F. The second kappa shape index (κ2) is 5.58. The largest absolute Gasteiger partial charge is 0.481 e. The molecule has 17 heavy (non-hydrogen) atoms. The topological polar surface area (TPSA) is 80.4 Å². The molecule has 0 aromatic heterocycles. The lowest BCUT2D eigenvalue weighted by atomic mass is 10.3. The first-order chi connectivity index (χ1) is 7.91. The highest BCUT2D eigenvalue weighted by Gasteiger charge is 2.17. The highest BCUT2D eigenvalue weighted by atomic mass is 32.2. The number of nitro benzene ring substituents is 1. The molecule has 1 rings (SSSR count). The molecule has 5 nitrogen and oxygen atoms in total. The fourth-order valence-electron chi connectivity index (χ4n) is 1.03. The van der Waals surface area contributed by atoms with E-state index in [2.05, 4.69) is 0 Å². The van der Waals surface area contributed by atoms with Gasteiger partial charge in [-0.05, 0) is 0 Å². The predicted octanol–water partition coefficient (Wildman–Crippen LogP) is 2.44. The van der Waals surface area contributed by atoms with Gasteiger partial charge in [-0.2, -0.15) is 0 Å². The number of hydrogen-bond donors (Lipinski definition) is 1. The van der Waals surface area contributed by atoms with Gasteiger partial charge in [-0.25, -0.2) is 8.78 Å². The summed E-state index contributed by atoms with van der Waals surface area (Å²) in [5.74, 6) is -3.22. The van der Waals surface area contributed by atoms with Crippen LogP contribution in [-0.2, 0) is 4.79 Å². The summed E-state index contributed by atoms with van der Waals surface area (Å²) in [6.45, 7) is 0. The normalized spacial score (nSPS) is 10.2. The highest BCUT2D eigenvalue weighted by molar-refractivity contribution is 7.99. The standard InChI is InChI=1S/C9H7F2NO4S/c10-6-3-5(12(15)16)4-7(11)9(6)17-2-1-8(13)14/h3-4H,1-2H2,(H,13,14). The lowest BCUT2D eigenvalue weighted by molar-refractivity contribution is -0.385. The molecular weight excluding hydrogens is 256 g/mol. The summed E-state index contributed by atoms with van der Waals surface area (Å²) in [7, 11) is 0. The van der Waals surface area contributed by atoms with E-state index in [1.165, 1.54) is 0 Å². The number of non-ortho nitro benzene ring substituents is 1. The lowest BCUT2D eigenvalue weighted by Gasteiger charge is -2.03. The molecule has 0 spiro atoms. The summed E-state index contributed by atoms with van der Waals surface area (Å²) in [5.41, 5.74) is -0.678. The van der Waals surface area contributed by atoms with Crippen LogP contribution >= 0.6 is 11.8 Å². The Morgan fingerprint density at radius 2 is 1.94 bits per heavy atom. The number of carboxylic acid groups (broad SMARTS) is 1. The summed E-state index contributed by atoms with van der Waals surface area (Å²) >= 11 is 0.669. The van der Waals surface area contributed by atoms with Crippen LogP contribution < -0.4 is 0 Å². The molecule has 0 radical (unpaired) electrons. The van der Waals surface area contributed by atoms with Gasteiger partial charge in [0.05, 0.1) is 28.4 Å². The maximum atomic E-state index is 13.3. The van der Waals surface area contributed by atoms with Gasteiger partial charge in [-0.1, -0.05) is 0 Å². The number of benzene rings is 1. The molecule has 1 aromatic rings. The zero-order valence-corrected chi connectivity index (χ0v) is 9.17. The highest BCUT2D eigenvalue weighted by Crippen LogP contribution is 2.29. The molecule has 92 valence electrons. The van der Waals surface area contributed by atoms with Gasteiger partial charge in [-0.3, -0.25) is 14.9 Å². The minimum atomic E-state index is -1.08. The van der Waals surface area contributed by atoms with Crippen LogP contribution in [0.3, 0.4) is 0 Å². The van der Waals surface area contributed by atoms with Crippen LogP contribution in [0.15, 0.2) is 17.0 Å². The van der Waals surface area contributed by atoms with Crippen molar-refractivity contribution < 1.29 is 23.6 Å². The Labute approximate surface area is 98.6 Å². The van der Waals surface area contributed by atoms with Gasteiger partial charge in [0.15, 0.2) is 0 Å². The van der Waals surface area contributed by atoms with Crippen molar-refractivity contribution in [3.8, 4) is 0 Å². The van der Waals surface area contributed by atoms with Crippen LogP contribution in [0.4, 0.5) is 14.5 Å². The second-order valence-corrected chi connectivity index (χ2v) is 4.09. The number of halogens is 2. The second-order valence-electron chi connectivity index (χ2n) is 2.99. The van der Waals surface area contributed by atoms with Gasteiger partial charge in [-0.15, -0.1) is 11.8 Å². The molecule has 0 saturated heterocycles. The van der Waals surface area contributed by atoms with E-state index in [9.17, 15) is 23.7 Å². The van der Waals surface area contributed by atoms with Crippen LogP contribution in [0.25, 0.3) is 0 Å². The molecule has 0 amide bonds. The van der Waals surface area contributed by atoms with Gasteiger partial charge in [0.25, 0.3) is 5.69 Å². The Bertz CT molecular complexity index is 443. The number of carboxylic acids is 1. The van der Waals surface area contributed by atoms with Crippen molar-refractivity contribution in [3.05, 3.63) is 33.9 Å². The van der Waals surface area contributed by atoms with Crippen molar-refractivity contribution in [2.75, 3.05) is 5.75 Å². The van der Waals surface area contributed by atoms with E-state index >= 15 is 0 Å². The number of nitro groups is 1. The van der Waals surface area contributed by atoms with Gasteiger partial charge < -0.3 is 5.11 Å². The summed E-state index contributed by atoms with van der Waals surface area (Å²) in [4.78, 5) is 19.2. The number of hydrogen-bond acceptors (Lipinski definition) is 4. The Morgan fingerprint density at radius 1 is 1.41 bits per heavy atom. The van der Waals surface area contributed by atoms with Crippen molar-refractivity contribution in [2.24, 2.45) is 0 Å². The minimum absolute atomic E-state index is 0.0129. The smallest absolute Gasteiger partial charge is 0.304 e. The molecule has 0 bridgehead atoms. The Kier molecular flexibility index (Phi) is 4.38. The maximum absolute atomic E-state index is 13.3. The number of thioether (sulfide) groups is 1. The number of aliphatic carboxylic acids is 1. The number of rotatable bonds is 5. The summed E-state index contributed by atoms with van der Waals surface area (Å²) in [6, 6.07) is 1.21. The van der Waals surface area contributed by atoms with Crippen LogP contribution in [0, 0.1) is 21.7 Å². The molecule has 0 fully saturated rings. The zero-order valence-electron chi connectivity index (χ0n) is 8.35. The molecule has 1 aromatic carbocycles. The van der Waals surface area contributed by atoms with E-state index in [1.54, 1.807) is 0 Å². The first-order valence-electron chi connectivity index (χ1n) is 4.40. The van der Waals surface area contributed by atoms with Gasteiger partial charge in [0.1, 0.15) is 11.6 Å². The summed E-state index contributed by atoms with van der Waals surface area (Å²) in [6.07, 6.45) is -0.249. The molecule has 0 aliphatic carbocycles. The molecular formula is C9H7F2NO4S. The molecule has 0 heterocycles. The molecule has 0 unspecified atom stereocenters. The van der Waals surface area contributed by atoms with E-state index in [0.717, 1.165) is 0 Å². The van der Waals surface area contributed by atoms with E-state index in [-0.39, 0.29) is 12.2 Å². The van der Waals surface area contributed by atoms with Crippen LogP contribution in [0.1, 0.15) is 6.42 Å². The van der Waals surface area contributed by atoms with Crippen molar-refractivity contribution in [3.63, 3.8) is 0 Å². The average molecular weight is 263 g/mol. The quantitative estimate of drug-likeness (QED) is 0.501. The molecule has 8 heteroatoms.